The van der Waals surface area contributed by atoms with Crippen molar-refractivity contribution in [3.63, 3.8) is 0 Å². The summed E-state index contributed by atoms with van der Waals surface area (Å²) in [6, 6.07) is 0.546. The molecule has 6 N–H and O–H groups in total. The van der Waals surface area contributed by atoms with Gasteiger partial charge in [0.05, 0.1) is 0 Å². The van der Waals surface area contributed by atoms with Crippen molar-refractivity contribution < 1.29 is 28.8 Å². The summed E-state index contributed by atoms with van der Waals surface area (Å²) in [5.41, 5.74) is -0.811. The Hall–Kier alpha value is -3.26. The molecule has 0 fully saturated rings. The first kappa shape index (κ1) is 107. The molecule has 14 nitrogen and oxygen atoms in total. The predicted octanol–water partition coefficient (Wildman–Crippen LogP) is 24.9. The highest BCUT2D eigenvalue weighted by Crippen LogP contribution is 2.28. The third kappa shape index (κ3) is 71.3. The van der Waals surface area contributed by atoms with Crippen LogP contribution in [0.25, 0.3) is 0 Å². The Bertz CT molecular complexity index is 1900. The third-order valence-electron chi connectivity index (χ3n) is 23.6. The van der Waals surface area contributed by atoms with Crippen LogP contribution in [0.3, 0.4) is 0 Å². The molecule has 110 heavy (non-hydrogen) atoms. The summed E-state index contributed by atoms with van der Waals surface area (Å²) in [6.07, 6.45) is 75.3. The van der Waals surface area contributed by atoms with Gasteiger partial charge in [0.15, 0.2) is 0 Å². The molecule has 0 aromatic carbocycles. The minimum absolute atomic E-state index is 0.102. The standard InChI is InChI=1S/C96H190N8O6/c1-11-17-23-29-35-37-39-47-61-77-97-89(105)71-57-51-65-83-103(81-63-49-45-59-75-95(7,8)93(109)101-87(67-53-41-31-25-19-13-3)68-54-42-32-26-20-14-4)85-79-99-91(107)73-74-92(108)100-80-86-104(84-66-52-58-72-90(106)98-78-62-48-40-38-36-30-24-18-12-2)82-64-50-46-60-76-96(9,10)94(110)102-88(69-55-43-33-27-21-15-5)70-56-44-34-28-22-16-6/h87-88H,11-86H2,1-10H3,(H,97,105)(H,98,106)(H,99,107)(H,100,108)(H,101,109)(H,102,110). The zero-order valence-electron chi connectivity index (χ0n) is 75.2. The second kappa shape index (κ2) is 79.6. The maximum atomic E-state index is 13.9. The summed E-state index contributed by atoms with van der Waals surface area (Å²) in [4.78, 5) is 84.9. The minimum atomic E-state index is -0.405. The van der Waals surface area contributed by atoms with Crippen molar-refractivity contribution in [2.24, 2.45) is 10.8 Å². The summed E-state index contributed by atoms with van der Waals surface area (Å²) in [7, 11) is 0. The molecule has 6 amide bonds. The molecule has 0 aliphatic heterocycles. The van der Waals surface area contributed by atoms with Crippen LogP contribution >= 0.6 is 0 Å². The molecule has 0 aromatic heterocycles. The molecule has 0 atom stereocenters. The molecule has 0 rings (SSSR count). The predicted molar refractivity (Wildman–Crippen MR) is 475 cm³/mol. The Morgan fingerprint density at radius 1 is 0.227 bits per heavy atom. The van der Waals surface area contributed by atoms with Crippen LogP contribution in [-0.2, 0) is 28.8 Å². The van der Waals surface area contributed by atoms with Crippen molar-refractivity contribution in [2.45, 2.75) is 505 Å². The first-order chi connectivity index (χ1) is 53.5. The second-order valence-electron chi connectivity index (χ2n) is 35.5. The smallest absolute Gasteiger partial charge is 0.225 e. The molecule has 650 valence electrons. The topological polar surface area (TPSA) is 181 Å². The van der Waals surface area contributed by atoms with E-state index in [4.69, 9.17) is 0 Å². The minimum Gasteiger partial charge on any atom is -0.356 e. The largest absolute Gasteiger partial charge is 0.356 e. The number of unbranched alkanes of at least 4 members (excludes halogenated alkanes) is 46. The van der Waals surface area contributed by atoms with E-state index in [2.05, 4.69) is 111 Å². The zero-order valence-corrected chi connectivity index (χ0v) is 75.2. The Morgan fingerprint density at radius 2 is 0.436 bits per heavy atom. The summed E-state index contributed by atoms with van der Waals surface area (Å²) in [6.45, 7) is 29.9. The van der Waals surface area contributed by atoms with E-state index in [-0.39, 0.29) is 60.4 Å². The highest BCUT2D eigenvalue weighted by molar-refractivity contribution is 5.84. The van der Waals surface area contributed by atoms with Crippen LogP contribution in [0.4, 0.5) is 0 Å². The SMILES string of the molecule is CCCCCCCCCCCNC(=O)CCCCCN(CCCCCCC(C)(C)C(=O)NC(CCCCCCCC)CCCCCCCC)CCNC(=O)CCC(=O)NCCN(CCCCCCC(C)(C)C(=O)NC(CCCCCCCC)CCCCCCCC)CCCCCC(=O)NCCCCCCCCCCC. The second-order valence-corrected chi connectivity index (χ2v) is 35.5. The number of hydrogen-bond donors (Lipinski definition) is 6. The Balaban J connectivity index is 5.60. The quantitative estimate of drug-likeness (QED) is 0.0326. The molecule has 0 saturated carbocycles. The van der Waals surface area contributed by atoms with Gasteiger partial charge in [0, 0.05) is 87.9 Å². The molecule has 0 spiro atoms. The molecule has 0 unspecified atom stereocenters. The van der Waals surface area contributed by atoms with Crippen LogP contribution in [0.2, 0.25) is 0 Å². The van der Waals surface area contributed by atoms with Gasteiger partial charge in [-0.15, -0.1) is 0 Å². The van der Waals surface area contributed by atoms with Crippen molar-refractivity contribution in [2.75, 3.05) is 65.4 Å². The Labute approximate surface area is 683 Å². The van der Waals surface area contributed by atoms with E-state index < -0.39 is 10.8 Å². The maximum Gasteiger partial charge on any atom is 0.225 e. The van der Waals surface area contributed by atoms with E-state index in [1.807, 2.05) is 0 Å². The summed E-state index contributed by atoms with van der Waals surface area (Å²) < 4.78 is 0. The number of carbonyl (C=O) groups excluding carboxylic acids is 6. The fraction of sp³-hybridized carbons (Fsp3) is 0.938. The molecule has 0 radical (unpaired) electrons. The molecule has 14 heteroatoms. The van der Waals surface area contributed by atoms with Gasteiger partial charge < -0.3 is 41.7 Å². The van der Waals surface area contributed by atoms with Crippen LogP contribution in [0, 0.1) is 10.8 Å². The van der Waals surface area contributed by atoms with Gasteiger partial charge in [-0.3, -0.25) is 28.8 Å². The fourth-order valence-corrected chi connectivity index (χ4v) is 15.6. The lowest BCUT2D eigenvalue weighted by Gasteiger charge is -2.28. The monoisotopic (exact) mass is 1550 g/mol. The molecule has 0 bridgehead atoms. The number of rotatable bonds is 87. The van der Waals surface area contributed by atoms with Gasteiger partial charge in [-0.25, -0.2) is 0 Å². The number of hydrogen-bond acceptors (Lipinski definition) is 8. The first-order valence-corrected chi connectivity index (χ1v) is 48.6. The number of nitrogens with zero attached hydrogens (tertiary/aromatic N) is 2. The van der Waals surface area contributed by atoms with Crippen LogP contribution < -0.4 is 31.9 Å². The van der Waals surface area contributed by atoms with Gasteiger partial charge in [-0.05, 0) is 116 Å². The third-order valence-corrected chi connectivity index (χ3v) is 23.6. The molecule has 0 heterocycles. The number of nitrogens with one attached hydrogen (secondary N) is 6. The average Bonchev–Trinajstić information content (AvgIpc) is 0.878. The summed E-state index contributed by atoms with van der Waals surface area (Å²) in [5.74, 6) is 0.562. The highest BCUT2D eigenvalue weighted by Gasteiger charge is 2.30. The van der Waals surface area contributed by atoms with Gasteiger partial charge in [-0.2, -0.15) is 0 Å². The van der Waals surface area contributed by atoms with Gasteiger partial charge >= 0.3 is 0 Å². The van der Waals surface area contributed by atoms with E-state index in [1.54, 1.807) is 0 Å². The normalized spacial score (nSPS) is 11.9. The van der Waals surface area contributed by atoms with Crippen molar-refractivity contribution in [3.8, 4) is 0 Å². The van der Waals surface area contributed by atoms with Gasteiger partial charge in [-0.1, -0.05) is 377 Å². The lowest BCUT2D eigenvalue weighted by atomic mass is 9.85. The van der Waals surface area contributed by atoms with Crippen molar-refractivity contribution >= 4 is 35.4 Å². The first-order valence-electron chi connectivity index (χ1n) is 48.6. The molecular weight excluding hydrogens is 1360 g/mol. The average molecular weight is 1550 g/mol. The lowest BCUT2D eigenvalue weighted by Crippen LogP contribution is -2.43. The molecule has 0 aliphatic rings. The van der Waals surface area contributed by atoms with E-state index in [0.29, 0.717) is 25.9 Å². The Morgan fingerprint density at radius 3 is 0.709 bits per heavy atom. The van der Waals surface area contributed by atoms with Crippen molar-refractivity contribution in [3.05, 3.63) is 0 Å². The molecule has 0 saturated heterocycles. The molecule has 0 aromatic rings. The lowest BCUT2D eigenvalue weighted by molar-refractivity contribution is -0.131. The maximum absolute atomic E-state index is 13.9. The summed E-state index contributed by atoms with van der Waals surface area (Å²) in [5, 5.41) is 19.7. The van der Waals surface area contributed by atoms with E-state index in [9.17, 15) is 28.8 Å². The molecular formula is C96H190N8O6. The highest BCUT2D eigenvalue weighted by atomic mass is 16.2. The number of carbonyl (C=O) groups is 6. The van der Waals surface area contributed by atoms with Crippen LogP contribution in [0.1, 0.15) is 493 Å². The van der Waals surface area contributed by atoms with Gasteiger partial charge in [0.25, 0.3) is 0 Å². The zero-order chi connectivity index (χ0) is 80.8. The Kier molecular flexibility index (Phi) is 77.2. The van der Waals surface area contributed by atoms with E-state index >= 15 is 0 Å². The number of amides is 6. The van der Waals surface area contributed by atoms with Gasteiger partial charge in [0.1, 0.15) is 0 Å². The van der Waals surface area contributed by atoms with Crippen LogP contribution in [-0.4, -0.2) is 123 Å². The van der Waals surface area contributed by atoms with Crippen molar-refractivity contribution in [1.29, 1.82) is 0 Å². The molecule has 0 aliphatic carbocycles. The van der Waals surface area contributed by atoms with E-state index in [0.717, 1.165) is 194 Å². The van der Waals surface area contributed by atoms with Crippen LogP contribution in [0.15, 0.2) is 0 Å². The van der Waals surface area contributed by atoms with Crippen molar-refractivity contribution in [1.82, 2.24) is 41.7 Å². The fourth-order valence-electron chi connectivity index (χ4n) is 15.6. The van der Waals surface area contributed by atoms with Gasteiger partial charge in [0.2, 0.25) is 35.4 Å². The van der Waals surface area contributed by atoms with E-state index in [1.165, 1.54) is 257 Å². The van der Waals surface area contributed by atoms with Crippen LogP contribution in [0.5, 0.6) is 0 Å². The summed E-state index contributed by atoms with van der Waals surface area (Å²) >= 11 is 0.